The van der Waals surface area contributed by atoms with Gasteiger partial charge in [-0.2, -0.15) is 0 Å². The normalized spacial score (nSPS) is 18.6. The van der Waals surface area contributed by atoms with Crippen LogP contribution in [0.2, 0.25) is 0 Å². The fourth-order valence-corrected chi connectivity index (χ4v) is 2.94. The standard InChI is InChI=1S/C17H25N3O2/c1-17(18,14-6-4-3-5-7-14)16(22)20-10-8-13(9-11-20)12-15(21)19-2/h3-7,13H,8-12,18H2,1-2H3,(H,19,21). The Balaban J connectivity index is 1.96. The van der Waals surface area contributed by atoms with Gasteiger partial charge in [-0.25, -0.2) is 0 Å². The van der Waals surface area contributed by atoms with Crippen LogP contribution in [0.1, 0.15) is 31.7 Å². The number of nitrogens with one attached hydrogen (secondary N) is 1. The Morgan fingerprint density at radius 2 is 1.86 bits per heavy atom. The Bertz CT molecular complexity index is 520. The molecule has 2 rings (SSSR count). The van der Waals surface area contributed by atoms with E-state index in [4.69, 9.17) is 5.73 Å². The van der Waals surface area contributed by atoms with Crippen LogP contribution in [0.3, 0.4) is 0 Å². The fraction of sp³-hybridized carbons (Fsp3) is 0.529. The third kappa shape index (κ3) is 3.65. The summed E-state index contributed by atoms with van der Waals surface area (Å²) in [6.07, 6.45) is 2.24. The number of hydrogen-bond acceptors (Lipinski definition) is 3. The number of hydrogen-bond donors (Lipinski definition) is 2. The maximum atomic E-state index is 12.7. The molecule has 0 aromatic heterocycles. The molecule has 3 N–H and O–H groups in total. The molecule has 1 atom stereocenters. The first-order chi connectivity index (χ1) is 10.4. The number of nitrogens with two attached hydrogens (primary N) is 1. The molecule has 1 unspecified atom stereocenters. The molecular formula is C17H25N3O2. The summed E-state index contributed by atoms with van der Waals surface area (Å²) in [6.45, 7) is 3.10. The maximum Gasteiger partial charge on any atom is 0.246 e. The van der Waals surface area contributed by atoms with Gasteiger partial charge in [-0.15, -0.1) is 0 Å². The van der Waals surface area contributed by atoms with E-state index in [0.717, 1.165) is 18.4 Å². The van der Waals surface area contributed by atoms with Crippen LogP contribution in [0.5, 0.6) is 0 Å². The number of amides is 2. The van der Waals surface area contributed by atoms with E-state index in [1.165, 1.54) is 0 Å². The zero-order chi connectivity index (χ0) is 16.2. The minimum atomic E-state index is -1.01. The van der Waals surface area contributed by atoms with E-state index in [1.54, 1.807) is 14.0 Å². The lowest BCUT2D eigenvalue weighted by atomic mass is 9.88. The molecule has 0 bridgehead atoms. The highest BCUT2D eigenvalue weighted by Crippen LogP contribution is 2.25. The Morgan fingerprint density at radius 1 is 1.27 bits per heavy atom. The topological polar surface area (TPSA) is 75.4 Å². The molecule has 1 aliphatic rings. The van der Waals surface area contributed by atoms with Crippen LogP contribution in [0.25, 0.3) is 0 Å². The van der Waals surface area contributed by atoms with Gasteiger partial charge in [0, 0.05) is 26.6 Å². The third-order valence-electron chi connectivity index (χ3n) is 4.47. The van der Waals surface area contributed by atoms with E-state index in [9.17, 15) is 9.59 Å². The third-order valence-corrected chi connectivity index (χ3v) is 4.47. The van der Waals surface area contributed by atoms with Crippen LogP contribution in [0.15, 0.2) is 30.3 Å². The second kappa shape index (κ2) is 6.92. The van der Waals surface area contributed by atoms with E-state index >= 15 is 0 Å². The van der Waals surface area contributed by atoms with Gasteiger partial charge in [0.1, 0.15) is 5.54 Å². The van der Waals surface area contributed by atoms with Crippen molar-refractivity contribution in [2.45, 2.75) is 31.7 Å². The number of piperidine rings is 1. The van der Waals surface area contributed by atoms with Gasteiger partial charge in [-0.3, -0.25) is 9.59 Å². The Hall–Kier alpha value is -1.88. The smallest absolute Gasteiger partial charge is 0.246 e. The average molecular weight is 303 g/mol. The SMILES string of the molecule is CNC(=O)CC1CCN(C(=O)C(C)(N)c2ccccc2)CC1. The van der Waals surface area contributed by atoms with Crippen LogP contribution in [0.4, 0.5) is 0 Å². The minimum Gasteiger partial charge on any atom is -0.359 e. The van der Waals surface area contributed by atoms with Gasteiger partial charge in [0.15, 0.2) is 0 Å². The molecule has 2 amide bonds. The van der Waals surface area contributed by atoms with Crippen molar-refractivity contribution in [3.05, 3.63) is 35.9 Å². The highest BCUT2D eigenvalue weighted by atomic mass is 16.2. The van der Waals surface area contributed by atoms with Crippen molar-refractivity contribution in [2.75, 3.05) is 20.1 Å². The molecule has 0 spiro atoms. The molecule has 1 heterocycles. The van der Waals surface area contributed by atoms with Gasteiger partial charge in [0.25, 0.3) is 0 Å². The average Bonchev–Trinajstić information content (AvgIpc) is 2.55. The lowest BCUT2D eigenvalue weighted by Gasteiger charge is -2.37. The summed E-state index contributed by atoms with van der Waals surface area (Å²) in [7, 11) is 1.65. The molecule has 1 saturated heterocycles. The predicted octanol–water partition coefficient (Wildman–Crippen LogP) is 1.24. The molecular weight excluding hydrogens is 278 g/mol. The number of nitrogens with zero attached hydrogens (tertiary/aromatic N) is 1. The van der Waals surface area contributed by atoms with Crippen LogP contribution < -0.4 is 11.1 Å². The van der Waals surface area contributed by atoms with Gasteiger partial charge in [-0.1, -0.05) is 30.3 Å². The van der Waals surface area contributed by atoms with Crippen LogP contribution in [-0.2, 0) is 15.1 Å². The summed E-state index contributed by atoms with van der Waals surface area (Å²) in [5.74, 6) is 0.375. The van der Waals surface area contributed by atoms with E-state index < -0.39 is 5.54 Å². The molecule has 0 aliphatic carbocycles. The summed E-state index contributed by atoms with van der Waals surface area (Å²) in [6, 6.07) is 9.47. The molecule has 1 aliphatic heterocycles. The molecule has 1 fully saturated rings. The number of rotatable bonds is 4. The molecule has 0 saturated carbocycles. The first-order valence-corrected chi connectivity index (χ1v) is 7.79. The zero-order valence-corrected chi connectivity index (χ0v) is 13.3. The van der Waals surface area contributed by atoms with Crippen molar-refractivity contribution in [3.8, 4) is 0 Å². The molecule has 22 heavy (non-hydrogen) atoms. The first kappa shape index (κ1) is 16.5. The van der Waals surface area contributed by atoms with E-state index in [2.05, 4.69) is 5.32 Å². The van der Waals surface area contributed by atoms with E-state index in [-0.39, 0.29) is 11.8 Å². The highest BCUT2D eigenvalue weighted by Gasteiger charge is 2.36. The van der Waals surface area contributed by atoms with Gasteiger partial charge in [0.05, 0.1) is 0 Å². The molecule has 0 radical (unpaired) electrons. The van der Waals surface area contributed by atoms with Crippen molar-refractivity contribution < 1.29 is 9.59 Å². The predicted molar refractivity (Wildman–Crippen MR) is 86.0 cm³/mol. The summed E-state index contributed by atoms with van der Waals surface area (Å²) in [4.78, 5) is 26.0. The number of benzene rings is 1. The van der Waals surface area contributed by atoms with Gasteiger partial charge in [0.2, 0.25) is 11.8 Å². The van der Waals surface area contributed by atoms with Crippen molar-refractivity contribution in [2.24, 2.45) is 11.7 Å². The number of carbonyl (C=O) groups excluding carboxylic acids is 2. The Morgan fingerprint density at radius 3 is 2.41 bits per heavy atom. The lowest BCUT2D eigenvalue weighted by Crippen LogP contribution is -2.53. The second-order valence-corrected chi connectivity index (χ2v) is 6.18. The van der Waals surface area contributed by atoms with Crippen molar-refractivity contribution >= 4 is 11.8 Å². The van der Waals surface area contributed by atoms with Gasteiger partial charge < -0.3 is 16.0 Å². The van der Waals surface area contributed by atoms with Crippen molar-refractivity contribution in [1.82, 2.24) is 10.2 Å². The van der Waals surface area contributed by atoms with Crippen LogP contribution in [0, 0.1) is 5.92 Å². The molecule has 1 aromatic rings. The summed E-state index contributed by atoms with van der Waals surface area (Å²) < 4.78 is 0. The second-order valence-electron chi connectivity index (χ2n) is 6.18. The number of likely N-dealkylation sites (tertiary alicyclic amines) is 1. The fourth-order valence-electron chi connectivity index (χ4n) is 2.94. The van der Waals surface area contributed by atoms with Crippen LogP contribution >= 0.6 is 0 Å². The minimum absolute atomic E-state index is 0.0444. The highest BCUT2D eigenvalue weighted by molar-refractivity contribution is 5.87. The largest absolute Gasteiger partial charge is 0.359 e. The molecule has 1 aromatic carbocycles. The van der Waals surface area contributed by atoms with E-state index in [0.29, 0.717) is 25.4 Å². The van der Waals surface area contributed by atoms with Gasteiger partial charge in [-0.05, 0) is 31.2 Å². The van der Waals surface area contributed by atoms with Crippen molar-refractivity contribution in [3.63, 3.8) is 0 Å². The maximum absolute atomic E-state index is 12.7. The Kier molecular flexibility index (Phi) is 5.19. The van der Waals surface area contributed by atoms with Gasteiger partial charge >= 0.3 is 0 Å². The number of carbonyl (C=O) groups is 2. The molecule has 120 valence electrons. The molecule has 5 nitrogen and oxygen atoms in total. The quantitative estimate of drug-likeness (QED) is 0.878. The Labute approximate surface area is 131 Å². The monoisotopic (exact) mass is 303 g/mol. The summed E-state index contributed by atoms with van der Waals surface area (Å²) in [5.41, 5.74) is 6.12. The summed E-state index contributed by atoms with van der Waals surface area (Å²) in [5, 5.41) is 2.65. The zero-order valence-electron chi connectivity index (χ0n) is 13.3. The lowest BCUT2D eigenvalue weighted by molar-refractivity contribution is -0.138. The van der Waals surface area contributed by atoms with Crippen molar-refractivity contribution in [1.29, 1.82) is 0 Å². The van der Waals surface area contributed by atoms with Crippen LogP contribution in [-0.4, -0.2) is 36.9 Å². The molecule has 5 heteroatoms. The summed E-state index contributed by atoms with van der Waals surface area (Å²) >= 11 is 0. The first-order valence-electron chi connectivity index (χ1n) is 7.79. The van der Waals surface area contributed by atoms with E-state index in [1.807, 2.05) is 35.2 Å².